The number of carbonyl (C=O) groups is 2. The molecule has 1 atom stereocenters. The van der Waals surface area contributed by atoms with Crippen LogP contribution < -0.4 is 14.8 Å². The first-order valence-electron chi connectivity index (χ1n) is 12.0. The summed E-state index contributed by atoms with van der Waals surface area (Å²) >= 11 is 0. The third-order valence-electron chi connectivity index (χ3n) is 6.15. The number of carbonyl (C=O) groups excluding carboxylic acids is 1. The van der Waals surface area contributed by atoms with Gasteiger partial charge in [0.05, 0.1) is 26.4 Å². The molecule has 1 unspecified atom stereocenters. The van der Waals surface area contributed by atoms with Crippen molar-refractivity contribution in [3.05, 3.63) is 83.3 Å². The number of amides is 1. The number of rotatable bonds is 11. The van der Waals surface area contributed by atoms with Crippen LogP contribution in [-0.4, -0.2) is 53.2 Å². The van der Waals surface area contributed by atoms with Gasteiger partial charge in [-0.15, -0.1) is 0 Å². The molecule has 39 heavy (non-hydrogen) atoms. The van der Waals surface area contributed by atoms with E-state index in [0.717, 1.165) is 23.8 Å². The number of methoxy groups -OCH3 is 2. The number of aromatic nitrogens is 2. The van der Waals surface area contributed by atoms with Crippen molar-refractivity contribution in [3.63, 3.8) is 0 Å². The Hall–Kier alpha value is -4.51. The highest BCUT2D eigenvalue weighted by Crippen LogP contribution is 2.41. The van der Waals surface area contributed by atoms with Crippen LogP contribution in [0.4, 0.5) is 8.78 Å². The third-order valence-corrected chi connectivity index (χ3v) is 6.15. The SMILES string of the molecule is CCOCc1cc(OC)c(-c2ccc(CC(NC(=O)c3c(F)cccc3F)C(=O)O)n3ccnc23)c(OC)c1. The van der Waals surface area contributed by atoms with E-state index >= 15 is 0 Å². The van der Waals surface area contributed by atoms with Gasteiger partial charge in [0, 0.05) is 36.7 Å². The molecule has 2 N–H and O–H groups in total. The van der Waals surface area contributed by atoms with E-state index in [1.165, 1.54) is 0 Å². The zero-order valence-corrected chi connectivity index (χ0v) is 21.5. The van der Waals surface area contributed by atoms with Gasteiger partial charge in [0.25, 0.3) is 5.91 Å². The van der Waals surface area contributed by atoms with Crippen LogP contribution >= 0.6 is 0 Å². The predicted molar refractivity (Wildman–Crippen MR) is 138 cm³/mol. The van der Waals surface area contributed by atoms with Crippen molar-refractivity contribution in [1.29, 1.82) is 0 Å². The molecule has 0 spiro atoms. The lowest BCUT2D eigenvalue weighted by atomic mass is 10.0. The molecule has 0 fully saturated rings. The smallest absolute Gasteiger partial charge is 0.326 e. The zero-order valence-electron chi connectivity index (χ0n) is 21.5. The molecule has 0 aliphatic rings. The van der Waals surface area contributed by atoms with Crippen LogP contribution in [0.3, 0.4) is 0 Å². The van der Waals surface area contributed by atoms with E-state index < -0.39 is 35.1 Å². The van der Waals surface area contributed by atoms with Crippen LogP contribution in [0.25, 0.3) is 16.8 Å². The number of nitrogens with one attached hydrogen (secondary N) is 1. The summed E-state index contributed by atoms with van der Waals surface area (Å²) < 4.78 is 46.7. The molecule has 4 rings (SSSR count). The average molecular weight is 540 g/mol. The molecule has 2 aromatic heterocycles. The summed E-state index contributed by atoms with van der Waals surface area (Å²) in [5, 5.41) is 12.0. The molecule has 11 heteroatoms. The zero-order chi connectivity index (χ0) is 28.1. The molecule has 0 saturated heterocycles. The fourth-order valence-electron chi connectivity index (χ4n) is 4.32. The van der Waals surface area contributed by atoms with E-state index in [9.17, 15) is 23.5 Å². The number of hydrogen-bond donors (Lipinski definition) is 2. The van der Waals surface area contributed by atoms with Gasteiger partial charge in [-0.3, -0.25) is 4.79 Å². The number of benzene rings is 2. The summed E-state index contributed by atoms with van der Waals surface area (Å²) in [7, 11) is 3.08. The lowest BCUT2D eigenvalue weighted by Gasteiger charge is -2.19. The summed E-state index contributed by atoms with van der Waals surface area (Å²) in [6, 6.07) is 8.61. The van der Waals surface area contributed by atoms with Gasteiger partial charge in [0.15, 0.2) is 0 Å². The number of carboxylic acid groups (broad SMARTS) is 1. The van der Waals surface area contributed by atoms with Crippen molar-refractivity contribution in [2.24, 2.45) is 0 Å². The molecule has 204 valence electrons. The molecule has 9 nitrogen and oxygen atoms in total. The summed E-state index contributed by atoms with van der Waals surface area (Å²) in [5.41, 5.74) is 2.28. The Morgan fingerprint density at radius 3 is 2.33 bits per heavy atom. The first kappa shape index (κ1) is 27.5. The Kier molecular flexibility index (Phi) is 8.40. The summed E-state index contributed by atoms with van der Waals surface area (Å²) in [5.74, 6) is -3.65. The van der Waals surface area contributed by atoms with E-state index in [1.54, 1.807) is 43.1 Å². The average Bonchev–Trinajstić information content (AvgIpc) is 3.41. The number of nitrogens with zero attached hydrogens (tertiary/aromatic N) is 2. The molecule has 4 aromatic rings. The van der Waals surface area contributed by atoms with Crippen LogP contribution in [0, 0.1) is 11.6 Å². The van der Waals surface area contributed by atoms with Gasteiger partial charge in [-0.2, -0.15) is 0 Å². The van der Waals surface area contributed by atoms with E-state index in [2.05, 4.69) is 10.3 Å². The number of carboxylic acids is 1. The summed E-state index contributed by atoms with van der Waals surface area (Å²) in [6.45, 7) is 2.83. The Bertz CT molecular complexity index is 1480. The largest absolute Gasteiger partial charge is 0.496 e. The number of halogens is 2. The molecule has 0 bridgehead atoms. The second-order valence-electron chi connectivity index (χ2n) is 8.54. The quantitative estimate of drug-likeness (QED) is 0.293. The maximum atomic E-state index is 14.1. The van der Waals surface area contributed by atoms with Crippen molar-refractivity contribution >= 4 is 17.5 Å². The van der Waals surface area contributed by atoms with Gasteiger partial charge in [-0.05, 0) is 48.9 Å². The number of hydrogen-bond acceptors (Lipinski definition) is 6. The lowest BCUT2D eigenvalue weighted by molar-refractivity contribution is -0.139. The number of pyridine rings is 1. The first-order valence-corrected chi connectivity index (χ1v) is 12.0. The normalized spacial score (nSPS) is 11.8. The Morgan fingerprint density at radius 2 is 1.74 bits per heavy atom. The molecule has 2 heterocycles. The maximum Gasteiger partial charge on any atom is 0.326 e. The molecular weight excluding hydrogens is 512 g/mol. The minimum Gasteiger partial charge on any atom is -0.496 e. The van der Waals surface area contributed by atoms with Gasteiger partial charge in [0.1, 0.15) is 40.4 Å². The fourth-order valence-corrected chi connectivity index (χ4v) is 4.32. The number of fused-ring (bicyclic) bond motifs is 1. The molecule has 0 aliphatic heterocycles. The van der Waals surface area contributed by atoms with E-state index in [4.69, 9.17) is 14.2 Å². The van der Waals surface area contributed by atoms with Gasteiger partial charge in [-0.25, -0.2) is 18.6 Å². The van der Waals surface area contributed by atoms with E-state index in [0.29, 0.717) is 47.2 Å². The van der Waals surface area contributed by atoms with Crippen molar-refractivity contribution in [3.8, 4) is 22.6 Å². The van der Waals surface area contributed by atoms with Gasteiger partial charge in [0.2, 0.25) is 0 Å². The van der Waals surface area contributed by atoms with Crippen LogP contribution in [0.1, 0.15) is 28.5 Å². The van der Waals surface area contributed by atoms with Gasteiger partial charge >= 0.3 is 5.97 Å². The molecule has 2 aromatic carbocycles. The highest BCUT2D eigenvalue weighted by atomic mass is 19.1. The third kappa shape index (κ3) is 5.68. The van der Waals surface area contributed by atoms with Crippen molar-refractivity contribution in [2.75, 3.05) is 20.8 Å². The van der Waals surface area contributed by atoms with Crippen LogP contribution in [0.2, 0.25) is 0 Å². The second kappa shape index (κ2) is 11.9. The Morgan fingerprint density at radius 1 is 1.08 bits per heavy atom. The number of imidazole rings is 1. The molecule has 1 amide bonds. The highest BCUT2D eigenvalue weighted by Gasteiger charge is 2.26. The van der Waals surface area contributed by atoms with Crippen molar-refractivity contribution < 1.29 is 37.7 Å². The molecule has 0 saturated carbocycles. The molecule has 0 aliphatic carbocycles. The monoisotopic (exact) mass is 539 g/mol. The van der Waals surface area contributed by atoms with E-state index in [-0.39, 0.29) is 6.42 Å². The van der Waals surface area contributed by atoms with Gasteiger partial charge in [-0.1, -0.05) is 6.07 Å². The van der Waals surface area contributed by atoms with Crippen LogP contribution in [-0.2, 0) is 22.6 Å². The first-order chi connectivity index (χ1) is 18.8. The van der Waals surface area contributed by atoms with Crippen LogP contribution in [0.15, 0.2) is 54.9 Å². The topological polar surface area (TPSA) is 111 Å². The predicted octanol–water partition coefficient (Wildman–Crippen LogP) is 4.26. The van der Waals surface area contributed by atoms with E-state index in [1.807, 2.05) is 19.1 Å². The lowest BCUT2D eigenvalue weighted by Crippen LogP contribution is -2.43. The fraction of sp³-hybridized carbons (Fsp3) is 0.250. The number of ether oxygens (including phenoxy) is 3. The maximum absolute atomic E-state index is 14.1. The minimum atomic E-state index is -1.48. The Balaban J connectivity index is 1.71. The van der Waals surface area contributed by atoms with Crippen molar-refractivity contribution in [1.82, 2.24) is 14.7 Å². The minimum absolute atomic E-state index is 0.189. The standard InChI is InChI=1S/C28H27F2N3O6/c1-4-39-15-16-12-22(37-2)24(23(13-16)38-3)18-9-8-17(33-11-10-31-26(18)33)14-21(28(35)36)32-27(34)25-19(29)6-5-7-20(25)30/h5-13,21H,4,14-15H2,1-3H3,(H,32,34)(H,35,36). The second-order valence-corrected chi connectivity index (χ2v) is 8.54. The Labute approximate surface area is 223 Å². The van der Waals surface area contributed by atoms with Crippen LogP contribution in [0.5, 0.6) is 11.5 Å². The summed E-state index contributed by atoms with van der Waals surface area (Å²) in [4.78, 5) is 29.0. The van der Waals surface area contributed by atoms with Gasteiger partial charge < -0.3 is 29.0 Å². The highest BCUT2D eigenvalue weighted by molar-refractivity contribution is 5.97. The number of aliphatic carboxylic acids is 1. The molecular formula is C28H27F2N3O6. The van der Waals surface area contributed by atoms with Crippen molar-refractivity contribution in [2.45, 2.75) is 26.0 Å². The molecule has 0 radical (unpaired) electrons. The summed E-state index contributed by atoms with van der Waals surface area (Å²) in [6.07, 6.45) is 3.01.